The summed E-state index contributed by atoms with van der Waals surface area (Å²) in [6.07, 6.45) is 1.56. The van der Waals surface area contributed by atoms with E-state index >= 15 is 0 Å². The number of ether oxygens (including phenoxy) is 1. The lowest BCUT2D eigenvalue weighted by atomic mass is 10.0. The van der Waals surface area contributed by atoms with Crippen molar-refractivity contribution in [2.45, 2.75) is 6.92 Å². The number of benzene rings is 2. The van der Waals surface area contributed by atoms with Crippen LogP contribution in [0.25, 0.3) is 6.08 Å². The molecule has 1 aliphatic rings. The van der Waals surface area contributed by atoms with E-state index in [4.69, 9.17) is 27.9 Å². The number of allylic oxidation sites excluding steroid dienone is 1. The average molecular weight is 388 g/mol. The summed E-state index contributed by atoms with van der Waals surface area (Å²) in [5.74, 6) is -0.913. The first-order chi connectivity index (χ1) is 12.5. The second-order valence-electron chi connectivity index (χ2n) is 5.63. The monoisotopic (exact) mass is 387 g/mol. The molecule has 4 nitrogen and oxygen atoms in total. The molecule has 3 rings (SSSR count). The highest BCUT2D eigenvalue weighted by Gasteiger charge is 2.37. The van der Waals surface area contributed by atoms with Gasteiger partial charge in [0.15, 0.2) is 0 Å². The summed E-state index contributed by atoms with van der Waals surface area (Å²) >= 11 is 12.3. The quantitative estimate of drug-likeness (QED) is 0.557. The minimum atomic E-state index is -0.585. The van der Waals surface area contributed by atoms with E-state index in [1.165, 1.54) is 12.0 Å². The predicted octanol–water partition coefficient (Wildman–Crippen LogP) is 4.87. The number of anilines is 1. The highest BCUT2D eigenvalue weighted by atomic mass is 35.5. The number of halogens is 2. The minimum absolute atomic E-state index is 0.206. The van der Waals surface area contributed by atoms with Gasteiger partial charge in [-0.2, -0.15) is 0 Å². The fourth-order valence-electron chi connectivity index (χ4n) is 2.86. The van der Waals surface area contributed by atoms with Gasteiger partial charge in [0.1, 0.15) is 0 Å². The number of methoxy groups -OCH3 is 1. The molecule has 0 unspecified atom stereocenters. The molecule has 0 atom stereocenters. The molecule has 0 saturated heterocycles. The summed E-state index contributed by atoms with van der Waals surface area (Å²) in [5, 5.41) is 0.682. The molecule has 0 N–H and O–H groups in total. The van der Waals surface area contributed by atoms with E-state index < -0.39 is 5.97 Å². The van der Waals surface area contributed by atoms with Crippen LogP contribution in [0, 0.1) is 0 Å². The van der Waals surface area contributed by atoms with Crippen LogP contribution in [0.1, 0.15) is 12.5 Å². The lowest BCUT2D eigenvalue weighted by Gasteiger charge is -2.17. The van der Waals surface area contributed by atoms with Crippen molar-refractivity contribution in [1.82, 2.24) is 0 Å². The van der Waals surface area contributed by atoms with Crippen LogP contribution >= 0.6 is 23.2 Å². The van der Waals surface area contributed by atoms with Crippen LogP contribution in [0.15, 0.2) is 65.4 Å². The summed E-state index contributed by atoms with van der Waals surface area (Å²) in [7, 11) is 1.28. The molecule has 1 heterocycles. The number of amides is 1. The zero-order chi connectivity index (χ0) is 18.8. The van der Waals surface area contributed by atoms with Gasteiger partial charge >= 0.3 is 5.97 Å². The number of rotatable bonds is 3. The van der Waals surface area contributed by atoms with Crippen LogP contribution in [0.2, 0.25) is 10.0 Å². The van der Waals surface area contributed by atoms with Gasteiger partial charge in [-0.05, 0) is 36.8 Å². The molecule has 2 aromatic carbocycles. The van der Waals surface area contributed by atoms with Gasteiger partial charge in [0.25, 0.3) is 5.91 Å². The van der Waals surface area contributed by atoms with Gasteiger partial charge in [-0.25, -0.2) is 4.79 Å². The third-order valence-electron chi connectivity index (χ3n) is 4.09. The van der Waals surface area contributed by atoms with E-state index in [9.17, 15) is 9.59 Å². The Balaban J connectivity index is 2.18. The number of carbonyl (C=O) groups excluding carboxylic acids is 2. The molecular formula is C20H15Cl2NO3. The first kappa shape index (κ1) is 18.2. The summed E-state index contributed by atoms with van der Waals surface area (Å²) in [6, 6.07) is 14.2. The molecule has 26 heavy (non-hydrogen) atoms. The van der Waals surface area contributed by atoms with Gasteiger partial charge in [-0.1, -0.05) is 53.5 Å². The first-order valence-corrected chi connectivity index (χ1v) is 8.56. The lowest BCUT2D eigenvalue weighted by Crippen LogP contribution is -2.24. The van der Waals surface area contributed by atoms with Crippen LogP contribution in [0.4, 0.5) is 5.69 Å². The van der Waals surface area contributed by atoms with Crippen molar-refractivity contribution < 1.29 is 14.3 Å². The molecule has 0 aliphatic carbocycles. The Morgan fingerprint density at radius 2 is 1.77 bits per heavy atom. The van der Waals surface area contributed by atoms with Gasteiger partial charge in [0, 0.05) is 11.4 Å². The van der Waals surface area contributed by atoms with E-state index in [2.05, 4.69) is 0 Å². The molecule has 0 aromatic heterocycles. The van der Waals surface area contributed by atoms with Crippen LogP contribution < -0.4 is 4.90 Å². The van der Waals surface area contributed by atoms with Gasteiger partial charge in [0.2, 0.25) is 0 Å². The molecule has 1 aliphatic heterocycles. The van der Waals surface area contributed by atoms with E-state index in [-0.39, 0.29) is 17.1 Å². The van der Waals surface area contributed by atoms with Gasteiger partial charge < -0.3 is 4.74 Å². The van der Waals surface area contributed by atoms with E-state index in [0.717, 1.165) is 0 Å². The first-order valence-electron chi connectivity index (χ1n) is 7.80. The van der Waals surface area contributed by atoms with Crippen molar-refractivity contribution in [2.24, 2.45) is 0 Å². The lowest BCUT2D eigenvalue weighted by molar-refractivity contribution is -0.136. The molecule has 0 radical (unpaired) electrons. The standard InChI is InChI=1S/C20H15Cl2NO3/c1-12-17(20(25)26-2)15(11-13-7-6-10-16(21)18(13)22)19(24)23(12)14-8-4-3-5-9-14/h3-11H,1-2H3/b15-11-. The normalized spacial score (nSPS) is 15.8. The Morgan fingerprint density at radius 1 is 1.08 bits per heavy atom. The highest BCUT2D eigenvalue weighted by Crippen LogP contribution is 2.36. The van der Waals surface area contributed by atoms with Crippen LogP contribution in [-0.4, -0.2) is 19.0 Å². The SMILES string of the molecule is COC(=O)C1=C(C)N(c2ccccc2)C(=O)/C1=C\c1cccc(Cl)c1Cl. The zero-order valence-corrected chi connectivity index (χ0v) is 15.6. The van der Waals surface area contributed by atoms with Crippen LogP contribution in [-0.2, 0) is 14.3 Å². The maximum atomic E-state index is 13.1. The second-order valence-corrected chi connectivity index (χ2v) is 6.41. The molecule has 0 fully saturated rings. The Hall–Kier alpha value is -2.56. The summed E-state index contributed by atoms with van der Waals surface area (Å²) < 4.78 is 4.88. The van der Waals surface area contributed by atoms with Gasteiger partial charge in [0.05, 0.1) is 28.3 Å². The smallest absolute Gasteiger partial charge is 0.340 e. The predicted molar refractivity (Wildman–Crippen MR) is 103 cm³/mol. The number of nitrogens with zero attached hydrogens (tertiary/aromatic N) is 1. The summed E-state index contributed by atoms with van der Waals surface area (Å²) in [5.41, 5.74) is 2.13. The third-order valence-corrected chi connectivity index (χ3v) is 4.92. The average Bonchev–Trinajstić information content (AvgIpc) is 2.89. The number of hydrogen-bond acceptors (Lipinski definition) is 3. The maximum absolute atomic E-state index is 13.1. The van der Waals surface area contributed by atoms with Crippen molar-refractivity contribution in [3.63, 3.8) is 0 Å². The minimum Gasteiger partial charge on any atom is -0.465 e. The molecular weight excluding hydrogens is 373 g/mol. The second kappa shape index (κ2) is 7.36. The van der Waals surface area contributed by atoms with E-state index in [0.29, 0.717) is 27.0 Å². The number of carbonyl (C=O) groups is 2. The summed E-state index contributed by atoms with van der Waals surface area (Å²) in [4.78, 5) is 26.9. The van der Waals surface area contributed by atoms with Gasteiger partial charge in [-0.3, -0.25) is 9.69 Å². The number of esters is 1. The topological polar surface area (TPSA) is 46.6 Å². The van der Waals surface area contributed by atoms with Crippen molar-refractivity contribution >= 4 is 46.8 Å². The Labute approximate surface area is 161 Å². The fourth-order valence-corrected chi connectivity index (χ4v) is 3.22. The summed E-state index contributed by atoms with van der Waals surface area (Å²) in [6.45, 7) is 1.71. The van der Waals surface area contributed by atoms with Crippen molar-refractivity contribution in [3.8, 4) is 0 Å². The van der Waals surface area contributed by atoms with Crippen LogP contribution in [0.3, 0.4) is 0 Å². The Morgan fingerprint density at radius 3 is 2.42 bits per heavy atom. The van der Waals surface area contributed by atoms with Gasteiger partial charge in [-0.15, -0.1) is 0 Å². The fraction of sp³-hybridized carbons (Fsp3) is 0.100. The molecule has 132 valence electrons. The molecule has 0 bridgehead atoms. The number of para-hydroxylation sites is 1. The maximum Gasteiger partial charge on any atom is 0.340 e. The molecule has 1 amide bonds. The highest BCUT2D eigenvalue weighted by molar-refractivity contribution is 6.43. The molecule has 0 saturated carbocycles. The van der Waals surface area contributed by atoms with Crippen LogP contribution in [0.5, 0.6) is 0 Å². The third kappa shape index (κ3) is 3.14. The van der Waals surface area contributed by atoms with Crippen molar-refractivity contribution in [2.75, 3.05) is 12.0 Å². The largest absolute Gasteiger partial charge is 0.465 e. The molecule has 6 heteroatoms. The van der Waals surface area contributed by atoms with Crippen molar-refractivity contribution in [1.29, 1.82) is 0 Å². The molecule has 0 spiro atoms. The van der Waals surface area contributed by atoms with E-state index in [1.54, 1.807) is 43.3 Å². The Bertz CT molecular complexity index is 949. The Kier molecular flexibility index (Phi) is 5.16. The van der Waals surface area contributed by atoms with E-state index in [1.807, 2.05) is 18.2 Å². The molecule has 2 aromatic rings. The zero-order valence-electron chi connectivity index (χ0n) is 14.1. The number of hydrogen-bond donors (Lipinski definition) is 0. The van der Waals surface area contributed by atoms with Crippen molar-refractivity contribution in [3.05, 3.63) is 81.0 Å².